The number of ether oxygens (including phenoxy) is 2. The zero-order valence-electron chi connectivity index (χ0n) is 15.1. The molecule has 8 heteroatoms. The lowest BCUT2D eigenvalue weighted by atomic mass is 9.93. The molecular weight excluding hydrogens is 354 g/mol. The van der Waals surface area contributed by atoms with E-state index in [9.17, 15) is 8.42 Å². The van der Waals surface area contributed by atoms with Crippen molar-refractivity contribution < 1.29 is 17.9 Å². The second kappa shape index (κ2) is 8.55. The van der Waals surface area contributed by atoms with Gasteiger partial charge in [0.25, 0.3) is 0 Å². The van der Waals surface area contributed by atoms with E-state index >= 15 is 0 Å². The standard InChI is InChI=1S/C18H25N3O4S/c1-24-17-11-14-15(12-18(17)25-2)19-7-4-16(14)21-9-5-13(6-10-21)3-8-20-26(22)23/h4,7,11-13,26H,3,5-6,8-10H2,1-2H3,(H,20,22,23). The van der Waals surface area contributed by atoms with E-state index in [0.29, 0.717) is 24.0 Å². The number of methoxy groups -OCH3 is 2. The predicted octanol–water partition coefficient (Wildman–Crippen LogP) is 1.97. The van der Waals surface area contributed by atoms with Crippen LogP contribution in [0.2, 0.25) is 0 Å². The van der Waals surface area contributed by atoms with Crippen LogP contribution in [0.15, 0.2) is 24.4 Å². The Morgan fingerprint density at radius 3 is 2.54 bits per heavy atom. The first-order valence-electron chi connectivity index (χ1n) is 8.76. The molecular formula is C18H25N3O4S. The number of hydrogen-bond acceptors (Lipinski definition) is 6. The molecule has 2 heterocycles. The lowest BCUT2D eigenvalue weighted by Gasteiger charge is -2.34. The number of rotatable bonds is 7. The zero-order chi connectivity index (χ0) is 18.5. The maximum absolute atomic E-state index is 10.6. The van der Waals surface area contributed by atoms with Gasteiger partial charge in [0.1, 0.15) is 0 Å². The van der Waals surface area contributed by atoms with Crippen molar-refractivity contribution in [2.24, 2.45) is 5.92 Å². The van der Waals surface area contributed by atoms with Gasteiger partial charge in [-0.2, -0.15) is 0 Å². The summed E-state index contributed by atoms with van der Waals surface area (Å²) in [5, 5.41) is 1.05. The summed E-state index contributed by atoms with van der Waals surface area (Å²) in [4.78, 5) is 6.83. The largest absolute Gasteiger partial charge is 0.493 e. The topological polar surface area (TPSA) is 80.8 Å². The summed E-state index contributed by atoms with van der Waals surface area (Å²) in [6, 6.07) is 5.93. The van der Waals surface area contributed by atoms with Crippen LogP contribution in [-0.2, 0) is 10.9 Å². The highest BCUT2D eigenvalue weighted by molar-refractivity contribution is 7.70. The molecule has 3 rings (SSSR count). The van der Waals surface area contributed by atoms with E-state index in [1.807, 2.05) is 24.4 Å². The number of anilines is 1. The maximum Gasteiger partial charge on any atom is 0.201 e. The van der Waals surface area contributed by atoms with Gasteiger partial charge in [0.05, 0.1) is 19.7 Å². The first kappa shape index (κ1) is 18.7. The van der Waals surface area contributed by atoms with Gasteiger partial charge in [0.2, 0.25) is 10.9 Å². The van der Waals surface area contributed by atoms with Gasteiger partial charge in [-0.05, 0) is 37.3 Å². The highest BCUT2D eigenvalue weighted by Gasteiger charge is 2.21. The van der Waals surface area contributed by atoms with Crippen LogP contribution in [0.1, 0.15) is 19.3 Å². The SMILES string of the molecule is COc1cc2nccc(N3CCC(CCN[SH](=O)=O)CC3)c2cc1OC. The molecule has 0 bridgehead atoms. The third-order valence-corrected chi connectivity index (χ3v) is 5.45. The van der Waals surface area contributed by atoms with Crippen molar-refractivity contribution in [3.63, 3.8) is 0 Å². The third-order valence-electron chi connectivity index (χ3n) is 4.97. The number of pyridine rings is 1. The second-order valence-corrected chi connectivity index (χ2v) is 7.27. The van der Waals surface area contributed by atoms with Crippen molar-refractivity contribution in [2.75, 3.05) is 38.8 Å². The minimum atomic E-state index is -2.49. The smallest absolute Gasteiger partial charge is 0.201 e. The lowest BCUT2D eigenvalue weighted by Crippen LogP contribution is -2.34. The Bertz CT molecular complexity index is 825. The molecule has 142 valence electrons. The summed E-state index contributed by atoms with van der Waals surface area (Å²) in [7, 11) is 0.764. The molecule has 7 nitrogen and oxygen atoms in total. The number of nitrogens with one attached hydrogen (secondary N) is 1. The number of nitrogens with zero attached hydrogens (tertiary/aromatic N) is 2. The quantitative estimate of drug-likeness (QED) is 0.716. The fourth-order valence-corrected chi connectivity index (χ4v) is 3.87. The number of thiol groups is 1. The highest BCUT2D eigenvalue weighted by Crippen LogP contribution is 2.36. The minimum Gasteiger partial charge on any atom is -0.493 e. The number of piperidine rings is 1. The lowest BCUT2D eigenvalue weighted by molar-refractivity contribution is 0.355. The van der Waals surface area contributed by atoms with Crippen molar-refractivity contribution >= 4 is 27.5 Å². The molecule has 1 N–H and O–H groups in total. The van der Waals surface area contributed by atoms with Crippen LogP contribution < -0.4 is 19.1 Å². The summed E-state index contributed by atoms with van der Waals surface area (Å²) in [5.41, 5.74) is 2.03. The maximum atomic E-state index is 10.6. The van der Waals surface area contributed by atoms with Gasteiger partial charge in [-0.15, -0.1) is 0 Å². The molecule has 0 unspecified atom stereocenters. The summed E-state index contributed by atoms with van der Waals surface area (Å²) < 4.78 is 34.5. The molecule has 1 saturated heterocycles. The van der Waals surface area contributed by atoms with Crippen LogP contribution in [0.5, 0.6) is 11.5 Å². The first-order valence-corrected chi connectivity index (χ1v) is 9.93. The average Bonchev–Trinajstić information content (AvgIpc) is 2.66. The molecule has 1 aliphatic heterocycles. The average molecular weight is 379 g/mol. The van der Waals surface area contributed by atoms with E-state index in [1.165, 1.54) is 0 Å². The van der Waals surface area contributed by atoms with Crippen molar-refractivity contribution in [2.45, 2.75) is 19.3 Å². The van der Waals surface area contributed by atoms with Crippen LogP contribution in [0.25, 0.3) is 10.9 Å². The van der Waals surface area contributed by atoms with Gasteiger partial charge in [-0.25, -0.2) is 13.1 Å². The Morgan fingerprint density at radius 2 is 1.88 bits per heavy atom. The molecule has 2 aromatic rings. The first-order chi connectivity index (χ1) is 12.6. The molecule has 1 aliphatic rings. The molecule has 0 atom stereocenters. The Hall–Kier alpha value is -2.06. The van der Waals surface area contributed by atoms with Gasteiger partial charge in [-0.3, -0.25) is 4.98 Å². The molecule has 0 saturated carbocycles. The Labute approximate surface area is 155 Å². The summed E-state index contributed by atoms with van der Waals surface area (Å²) >= 11 is 0. The van der Waals surface area contributed by atoms with E-state index in [2.05, 4.69) is 14.6 Å². The fraction of sp³-hybridized carbons (Fsp3) is 0.500. The summed E-state index contributed by atoms with van der Waals surface area (Å²) in [6.45, 7) is 2.42. The van der Waals surface area contributed by atoms with Gasteiger partial charge in [0.15, 0.2) is 11.5 Å². The van der Waals surface area contributed by atoms with Gasteiger partial charge in [0, 0.05) is 43.0 Å². The van der Waals surface area contributed by atoms with E-state index in [1.54, 1.807) is 14.2 Å². The number of benzene rings is 1. The van der Waals surface area contributed by atoms with Gasteiger partial charge in [-0.1, -0.05) is 0 Å². The molecule has 0 spiro atoms. The second-order valence-electron chi connectivity index (χ2n) is 6.44. The zero-order valence-corrected chi connectivity index (χ0v) is 16.0. The van der Waals surface area contributed by atoms with Crippen molar-refractivity contribution in [1.82, 2.24) is 9.71 Å². The highest BCUT2D eigenvalue weighted by atomic mass is 32.2. The molecule has 0 radical (unpaired) electrons. The van der Waals surface area contributed by atoms with Crippen molar-refractivity contribution in [1.29, 1.82) is 0 Å². The summed E-state index contributed by atoms with van der Waals surface area (Å²) in [6.07, 6.45) is 4.81. The Morgan fingerprint density at radius 1 is 1.19 bits per heavy atom. The normalized spacial score (nSPS) is 15.6. The van der Waals surface area contributed by atoms with Crippen LogP contribution in [-0.4, -0.2) is 47.3 Å². The van der Waals surface area contributed by atoms with Crippen LogP contribution >= 0.6 is 0 Å². The molecule has 26 heavy (non-hydrogen) atoms. The van der Waals surface area contributed by atoms with Gasteiger partial charge >= 0.3 is 0 Å². The molecule has 0 aliphatic carbocycles. The van der Waals surface area contributed by atoms with E-state index in [0.717, 1.165) is 48.9 Å². The molecule has 1 fully saturated rings. The van der Waals surface area contributed by atoms with E-state index in [4.69, 9.17) is 9.47 Å². The van der Waals surface area contributed by atoms with Crippen LogP contribution in [0.4, 0.5) is 5.69 Å². The monoisotopic (exact) mass is 379 g/mol. The Kier molecular flexibility index (Phi) is 6.16. The van der Waals surface area contributed by atoms with Crippen LogP contribution in [0, 0.1) is 5.92 Å². The molecule has 1 aromatic heterocycles. The van der Waals surface area contributed by atoms with E-state index < -0.39 is 10.9 Å². The van der Waals surface area contributed by atoms with E-state index in [-0.39, 0.29) is 0 Å². The van der Waals surface area contributed by atoms with Crippen molar-refractivity contribution in [3.05, 3.63) is 24.4 Å². The number of fused-ring (bicyclic) bond motifs is 1. The minimum absolute atomic E-state index is 0.526. The molecule has 1 aromatic carbocycles. The van der Waals surface area contributed by atoms with Crippen molar-refractivity contribution in [3.8, 4) is 11.5 Å². The number of aromatic nitrogens is 1. The molecule has 0 amide bonds. The fourth-order valence-electron chi connectivity index (χ4n) is 3.56. The Balaban J connectivity index is 1.75. The summed E-state index contributed by atoms with van der Waals surface area (Å²) in [5.74, 6) is 1.92. The predicted molar refractivity (Wildman–Crippen MR) is 103 cm³/mol. The van der Waals surface area contributed by atoms with Crippen LogP contribution in [0.3, 0.4) is 0 Å². The van der Waals surface area contributed by atoms with Gasteiger partial charge < -0.3 is 14.4 Å². The third kappa shape index (κ3) is 4.19. The number of hydrogen-bond donors (Lipinski definition) is 2.